The van der Waals surface area contributed by atoms with E-state index in [4.69, 9.17) is 0 Å². The number of anilines is 1. The Kier molecular flexibility index (Phi) is 3.23. The first-order chi connectivity index (χ1) is 9.61. The number of hydrogen-bond acceptors (Lipinski definition) is 3. The fraction of sp³-hybridized carbons (Fsp3) is 0.0714. The molecule has 0 atom stereocenters. The molecule has 0 aliphatic rings. The Morgan fingerprint density at radius 3 is 3.00 bits per heavy atom. The average Bonchev–Trinajstić information content (AvgIpc) is 2.81. The van der Waals surface area contributed by atoms with E-state index in [1.54, 1.807) is 6.20 Å². The number of aromatic nitrogens is 3. The molecular formula is C14H11BrN4O. The van der Waals surface area contributed by atoms with E-state index in [2.05, 4.69) is 31.2 Å². The van der Waals surface area contributed by atoms with Crippen molar-refractivity contribution in [2.24, 2.45) is 0 Å². The van der Waals surface area contributed by atoms with E-state index in [0.717, 1.165) is 21.4 Å². The number of nitrogens with one attached hydrogen (secondary N) is 1. The summed E-state index contributed by atoms with van der Waals surface area (Å²) < 4.78 is 2.74. The highest BCUT2D eigenvalue weighted by molar-refractivity contribution is 9.10. The lowest BCUT2D eigenvalue weighted by Crippen LogP contribution is -2.05. The number of rotatable bonds is 2. The van der Waals surface area contributed by atoms with Gasteiger partial charge in [-0.3, -0.25) is 9.20 Å². The largest absolute Gasteiger partial charge is 0.326 e. The molecule has 0 saturated heterocycles. The lowest BCUT2D eigenvalue weighted by atomic mass is 10.1. The second-order valence-corrected chi connectivity index (χ2v) is 5.28. The number of fused-ring (bicyclic) bond motifs is 1. The Balaban J connectivity index is 2.03. The second kappa shape index (κ2) is 5.05. The number of amides is 1. The van der Waals surface area contributed by atoms with Crippen LogP contribution in [-0.4, -0.2) is 20.3 Å². The molecule has 0 saturated carbocycles. The first-order valence-electron chi connectivity index (χ1n) is 6.00. The van der Waals surface area contributed by atoms with Gasteiger partial charge in [-0.15, -0.1) is 0 Å². The van der Waals surface area contributed by atoms with Crippen LogP contribution < -0.4 is 5.32 Å². The number of carbonyl (C=O) groups excluding carboxylic acids is 1. The molecule has 0 unspecified atom stereocenters. The summed E-state index contributed by atoms with van der Waals surface area (Å²) >= 11 is 3.38. The molecule has 1 amide bonds. The maximum atomic E-state index is 11.1. The summed E-state index contributed by atoms with van der Waals surface area (Å²) in [6.07, 6.45) is 5.51. The van der Waals surface area contributed by atoms with Gasteiger partial charge in [0, 0.05) is 36.8 Å². The van der Waals surface area contributed by atoms with Gasteiger partial charge in [0.2, 0.25) is 11.7 Å². The van der Waals surface area contributed by atoms with Gasteiger partial charge in [0.25, 0.3) is 0 Å². The van der Waals surface area contributed by atoms with Crippen LogP contribution in [0.3, 0.4) is 0 Å². The van der Waals surface area contributed by atoms with Crippen molar-refractivity contribution in [2.75, 3.05) is 5.32 Å². The van der Waals surface area contributed by atoms with Gasteiger partial charge >= 0.3 is 0 Å². The summed E-state index contributed by atoms with van der Waals surface area (Å²) in [5.41, 5.74) is 2.49. The van der Waals surface area contributed by atoms with Crippen LogP contribution in [0.25, 0.3) is 17.0 Å². The number of halogens is 1. The van der Waals surface area contributed by atoms with Crippen LogP contribution in [0.1, 0.15) is 6.92 Å². The predicted octanol–water partition coefficient (Wildman–Crippen LogP) is 3.12. The molecule has 0 fully saturated rings. The third kappa shape index (κ3) is 2.55. The summed E-state index contributed by atoms with van der Waals surface area (Å²) in [5.74, 6) is 0.538. The number of hydrogen-bond donors (Lipinski definition) is 1. The van der Waals surface area contributed by atoms with E-state index in [-0.39, 0.29) is 5.91 Å². The van der Waals surface area contributed by atoms with Gasteiger partial charge in [-0.2, -0.15) is 0 Å². The predicted molar refractivity (Wildman–Crippen MR) is 80.4 cm³/mol. The van der Waals surface area contributed by atoms with E-state index in [0.29, 0.717) is 5.78 Å². The van der Waals surface area contributed by atoms with Crippen LogP contribution in [0.15, 0.2) is 47.3 Å². The fourth-order valence-corrected chi connectivity index (χ4v) is 2.28. The van der Waals surface area contributed by atoms with Gasteiger partial charge in [0.15, 0.2) is 0 Å². The molecule has 20 heavy (non-hydrogen) atoms. The average molecular weight is 331 g/mol. The Morgan fingerprint density at radius 2 is 2.20 bits per heavy atom. The van der Waals surface area contributed by atoms with Gasteiger partial charge < -0.3 is 5.32 Å². The summed E-state index contributed by atoms with van der Waals surface area (Å²) in [6, 6.07) is 7.56. The Morgan fingerprint density at radius 1 is 1.35 bits per heavy atom. The molecule has 0 radical (unpaired) electrons. The summed E-state index contributed by atoms with van der Waals surface area (Å²) in [7, 11) is 0. The van der Waals surface area contributed by atoms with Gasteiger partial charge in [-0.05, 0) is 28.1 Å². The van der Waals surface area contributed by atoms with Crippen LogP contribution in [0.5, 0.6) is 0 Å². The van der Waals surface area contributed by atoms with E-state index < -0.39 is 0 Å². The van der Waals surface area contributed by atoms with Gasteiger partial charge in [-0.25, -0.2) is 9.97 Å². The van der Waals surface area contributed by atoms with E-state index in [1.165, 1.54) is 6.92 Å². The van der Waals surface area contributed by atoms with Gasteiger partial charge in [0.1, 0.15) is 0 Å². The highest BCUT2D eigenvalue weighted by atomic mass is 79.9. The first-order valence-corrected chi connectivity index (χ1v) is 6.79. The minimum atomic E-state index is -0.0947. The van der Waals surface area contributed by atoms with Crippen molar-refractivity contribution in [1.82, 2.24) is 14.4 Å². The zero-order valence-electron chi connectivity index (χ0n) is 10.7. The first kappa shape index (κ1) is 12.8. The smallest absolute Gasteiger partial charge is 0.234 e. The molecular weight excluding hydrogens is 320 g/mol. The molecule has 3 rings (SSSR count). The molecule has 1 N–H and O–H groups in total. The van der Waals surface area contributed by atoms with Crippen molar-refractivity contribution in [1.29, 1.82) is 0 Å². The third-order valence-corrected chi connectivity index (χ3v) is 3.17. The second-order valence-electron chi connectivity index (χ2n) is 4.37. The van der Waals surface area contributed by atoms with Crippen LogP contribution >= 0.6 is 15.9 Å². The molecule has 5 nitrogen and oxygen atoms in total. The van der Waals surface area contributed by atoms with Gasteiger partial charge in [-0.1, -0.05) is 12.1 Å². The monoisotopic (exact) mass is 330 g/mol. The third-order valence-electron chi connectivity index (χ3n) is 2.76. The molecule has 100 valence electrons. The Labute approximate surface area is 123 Å². The summed E-state index contributed by atoms with van der Waals surface area (Å²) in [6.45, 7) is 1.49. The topological polar surface area (TPSA) is 59.3 Å². The Hall–Kier alpha value is -2.21. The lowest BCUT2D eigenvalue weighted by molar-refractivity contribution is -0.114. The molecule has 2 aromatic heterocycles. The maximum absolute atomic E-state index is 11.1. The zero-order valence-corrected chi connectivity index (χ0v) is 12.3. The van der Waals surface area contributed by atoms with Crippen molar-refractivity contribution in [3.63, 3.8) is 0 Å². The summed E-state index contributed by atoms with van der Waals surface area (Å²) in [4.78, 5) is 19.8. The number of nitrogens with zero attached hydrogens (tertiary/aromatic N) is 3. The Bertz CT molecular complexity index is 797. The molecule has 1 aromatic carbocycles. The minimum Gasteiger partial charge on any atom is -0.326 e. The van der Waals surface area contributed by atoms with E-state index >= 15 is 0 Å². The quantitative estimate of drug-likeness (QED) is 0.785. The molecule has 3 aromatic rings. The lowest BCUT2D eigenvalue weighted by Gasteiger charge is -2.03. The highest BCUT2D eigenvalue weighted by Gasteiger charge is 2.06. The molecule has 0 aliphatic heterocycles. The van der Waals surface area contributed by atoms with E-state index in [1.807, 2.05) is 41.1 Å². The number of benzene rings is 1. The standard InChI is InChI=1S/C14H11BrN4O/c1-9(20)17-12-4-2-3-10(5-12)13-8-19-7-11(15)6-16-14(19)18-13/h2-8H,1H3,(H,17,20). The number of imidazole rings is 1. The SMILES string of the molecule is CC(=O)Nc1cccc(-c2cn3cc(Br)cnc3n2)c1. The highest BCUT2D eigenvalue weighted by Crippen LogP contribution is 2.22. The fourth-order valence-electron chi connectivity index (χ4n) is 1.96. The molecule has 0 aliphatic carbocycles. The molecule has 6 heteroatoms. The van der Waals surface area contributed by atoms with Crippen LogP contribution in [0, 0.1) is 0 Å². The van der Waals surface area contributed by atoms with Crippen molar-refractivity contribution < 1.29 is 4.79 Å². The van der Waals surface area contributed by atoms with Crippen LogP contribution in [0.2, 0.25) is 0 Å². The van der Waals surface area contributed by atoms with Crippen LogP contribution in [0.4, 0.5) is 5.69 Å². The minimum absolute atomic E-state index is 0.0947. The molecule has 2 heterocycles. The van der Waals surface area contributed by atoms with Crippen molar-refractivity contribution in [2.45, 2.75) is 6.92 Å². The number of carbonyl (C=O) groups is 1. The zero-order chi connectivity index (χ0) is 14.1. The van der Waals surface area contributed by atoms with Crippen molar-refractivity contribution in [3.8, 4) is 11.3 Å². The maximum Gasteiger partial charge on any atom is 0.234 e. The summed E-state index contributed by atoms with van der Waals surface area (Å²) in [5, 5.41) is 2.76. The van der Waals surface area contributed by atoms with Crippen molar-refractivity contribution >= 4 is 33.3 Å². The van der Waals surface area contributed by atoms with E-state index in [9.17, 15) is 4.79 Å². The normalized spacial score (nSPS) is 10.7. The molecule has 0 spiro atoms. The van der Waals surface area contributed by atoms with Gasteiger partial charge in [0.05, 0.1) is 10.2 Å². The molecule has 0 bridgehead atoms. The van der Waals surface area contributed by atoms with Crippen LogP contribution in [-0.2, 0) is 4.79 Å². The van der Waals surface area contributed by atoms with Crippen molar-refractivity contribution in [3.05, 3.63) is 47.3 Å².